The molecule has 0 fully saturated rings. The van der Waals surface area contributed by atoms with E-state index >= 15 is 0 Å². The number of carbonyl (C=O) groups is 1. The largest absolute Gasteiger partial charge is 0.336 e. The fourth-order valence-electron chi connectivity index (χ4n) is 4.34. The summed E-state index contributed by atoms with van der Waals surface area (Å²) in [6, 6.07) is 17.6. The minimum Gasteiger partial charge on any atom is -0.336 e. The summed E-state index contributed by atoms with van der Waals surface area (Å²) in [5.74, 6) is 0.661. The molecule has 1 unspecified atom stereocenters. The number of nitrogens with zero attached hydrogens (tertiary/aromatic N) is 1. The Hall–Kier alpha value is -2.59. The number of urea groups is 1. The van der Waals surface area contributed by atoms with E-state index in [0.29, 0.717) is 18.5 Å². The Kier molecular flexibility index (Phi) is 11.7. The van der Waals surface area contributed by atoms with Crippen molar-refractivity contribution < 1.29 is 4.79 Å². The number of fused-ring (bicyclic) bond motifs is 2. The molecule has 1 atom stereocenters. The molecule has 33 heavy (non-hydrogen) atoms. The predicted molar refractivity (Wildman–Crippen MR) is 141 cm³/mol. The minimum atomic E-state index is 0.0335. The van der Waals surface area contributed by atoms with E-state index in [-0.39, 0.29) is 6.03 Å². The van der Waals surface area contributed by atoms with Crippen LogP contribution in [0, 0.1) is 5.92 Å². The van der Waals surface area contributed by atoms with Gasteiger partial charge < -0.3 is 15.5 Å². The first kappa shape index (κ1) is 26.7. The molecule has 2 aliphatic rings. The molecule has 0 radical (unpaired) electrons. The molecule has 2 N–H and O–H groups in total. The molecule has 180 valence electrons. The highest BCUT2D eigenvalue weighted by Crippen LogP contribution is 2.28. The fourth-order valence-corrected chi connectivity index (χ4v) is 4.34. The summed E-state index contributed by atoms with van der Waals surface area (Å²) in [5.41, 5.74) is 5.73. The predicted octanol–water partition coefficient (Wildman–Crippen LogP) is 5.76. The third-order valence-corrected chi connectivity index (χ3v) is 6.02. The normalized spacial score (nSPS) is 16.2. The Morgan fingerprint density at radius 1 is 1.03 bits per heavy atom. The van der Waals surface area contributed by atoms with Crippen molar-refractivity contribution in [1.29, 1.82) is 0 Å². The van der Waals surface area contributed by atoms with Crippen LogP contribution in [-0.2, 0) is 25.8 Å². The summed E-state index contributed by atoms with van der Waals surface area (Å²) in [7, 11) is 1.90. The van der Waals surface area contributed by atoms with Crippen molar-refractivity contribution in [2.45, 2.75) is 65.5 Å². The van der Waals surface area contributed by atoms with Crippen molar-refractivity contribution in [3.05, 3.63) is 83.4 Å². The Labute approximate surface area is 201 Å². The standard InChI is InChI=1S/C23H29N3O.C3H8.C3H6/c1-26(11-10-17-12-18-6-2-3-7-19(18)13-17)23(27)25-16-22-14-20-8-4-5-9-21(20)15-24-22;2*1-3-2/h2-9,17,22,24H,10-16H2,1H3,(H,25,27);3H2,1-2H3;3H,1H2,2H3. The quantitative estimate of drug-likeness (QED) is 0.570. The first-order valence-corrected chi connectivity index (χ1v) is 12.4. The first-order chi connectivity index (χ1) is 16.0. The lowest BCUT2D eigenvalue weighted by Gasteiger charge is -2.27. The average molecular weight is 450 g/mol. The van der Waals surface area contributed by atoms with Gasteiger partial charge in [-0.05, 0) is 60.8 Å². The average Bonchev–Trinajstić information content (AvgIpc) is 3.25. The van der Waals surface area contributed by atoms with Crippen LogP contribution in [-0.4, -0.2) is 37.1 Å². The van der Waals surface area contributed by atoms with Crippen molar-refractivity contribution in [3.63, 3.8) is 0 Å². The molecule has 4 nitrogen and oxygen atoms in total. The molecule has 2 aromatic rings. The molecule has 2 aromatic carbocycles. The van der Waals surface area contributed by atoms with Gasteiger partial charge in [-0.2, -0.15) is 0 Å². The summed E-state index contributed by atoms with van der Waals surface area (Å²) < 4.78 is 0. The molecule has 0 bridgehead atoms. The second kappa shape index (κ2) is 14.5. The highest BCUT2D eigenvalue weighted by Gasteiger charge is 2.22. The lowest BCUT2D eigenvalue weighted by molar-refractivity contribution is 0.204. The van der Waals surface area contributed by atoms with Crippen molar-refractivity contribution >= 4 is 6.03 Å². The van der Waals surface area contributed by atoms with Gasteiger partial charge in [0.2, 0.25) is 0 Å². The van der Waals surface area contributed by atoms with E-state index in [1.54, 1.807) is 6.08 Å². The topological polar surface area (TPSA) is 44.4 Å². The van der Waals surface area contributed by atoms with Crippen molar-refractivity contribution in [3.8, 4) is 0 Å². The van der Waals surface area contributed by atoms with Gasteiger partial charge in [0.25, 0.3) is 0 Å². The van der Waals surface area contributed by atoms with E-state index in [1.165, 1.54) is 28.7 Å². The van der Waals surface area contributed by atoms with E-state index in [9.17, 15) is 4.79 Å². The van der Waals surface area contributed by atoms with Crippen LogP contribution in [0.1, 0.15) is 55.9 Å². The van der Waals surface area contributed by atoms with Gasteiger partial charge in [-0.1, -0.05) is 74.9 Å². The number of nitrogens with one attached hydrogen (secondary N) is 2. The minimum absolute atomic E-state index is 0.0335. The maximum Gasteiger partial charge on any atom is 0.317 e. The molecule has 4 heteroatoms. The maximum absolute atomic E-state index is 12.4. The van der Waals surface area contributed by atoms with Gasteiger partial charge >= 0.3 is 6.03 Å². The summed E-state index contributed by atoms with van der Waals surface area (Å²) in [6.45, 7) is 11.9. The van der Waals surface area contributed by atoms with Gasteiger partial charge in [0.15, 0.2) is 0 Å². The molecule has 1 aliphatic heterocycles. The molecular formula is C29H43N3O. The number of allylic oxidation sites excluding steroid dienone is 1. The molecule has 0 saturated heterocycles. The van der Waals surface area contributed by atoms with E-state index in [0.717, 1.165) is 38.8 Å². The second-order valence-corrected chi connectivity index (χ2v) is 9.11. The zero-order valence-corrected chi connectivity index (χ0v) is 21.1. The number of amides is 2. The van der Waals surface area contributed by atoms with Gasteiger partial charge in [-0.3, -0.25) is 0 Å². The zero-order chi connectivity index (χ0) is 24.1. The lowest BCUT2D eigenvalue weighted by Crippen LogP contribution is -2.47. The zero-order valence-electron chi connectivity index (χ0n) is 21.1. The first-order valence-electron chi connectivity index (χ1n) is 12.4. The van der Waals surface area contributed by atoms with Gasteiger partial charge in [0.1, 0.15) is 0 Å². The van der Waals surface area contributed by atoms with E-state index in [2.05, 4.69) is 79.6 Å². The van der Waals surface area contributed by atoms with E-state index in [1.807, 2.05) is 18.9 Å². The summed E-state index contributed by atoms with van der Waals surface area (Å²) in [5, 5.41) is 6.62. The van der Waals surface area contributed by atoms with Crippen LogP contribution >= 0.6 is 0 Å². The molecule has 1 heterocycles. The Bertz CT molecular complexity index is 838. The smallest absolute Gasteiger partial charge is 0.317 e. The van der Waals surface area contributed by atoms with Crippen LogP contribution < -0.4 is 10.6 Å². The van der Waals surface area contributed by atoms with Crippen molar-refractivity contribution in [2.24, 2.45) is 5.92 Å². The molecule has 2 amide bonds. The summed E-state index contributed by atoms with van der Waals surface area (Å²) in [4.78, 5) is 14.3. The van der Waals surface area contributed by atoms with Crippen LogP contribution in [0.25, 0.3) is 0 Å². The van der Waals surface area contributed by atoms with Crippen LogP contribution in [0.5, 0.6) is 0 Å². The van der Waals surface area contributed by atoms with E-state index in [4.69, 9.17) is 0 Å². The van der Waals surface area contributed by atoms with Gasteiger partial charge in [-0.25, -0.2) is 4.79 Å². The molecule has 0 spiro atoms. The van der Waals surface area contributed by atoms with E-state index < -0.39 is 0 Å². The number of hydrogen-bond donors (Lipinski definition) is 2. The fraction of sp³-hybridized carbons (Fsp3) is 0.483. The van der Waals surface area contributed by atoms with Crippen LogP contribution in [0.4, 0.5) is 4.79 Å². The third kappa shape index (κ3) is 8.70. The number of hydrogen-bond acceptors (Lipinski definition) is 2. The SMILES string of the molecule is C=CC.CCC.CN(CCC1Cc2ccccc2C1)C(=O)NCC1Cc2ccccc2CN1. The van der Waals surface area contributed by atoms with Crippen molar-refractivity contribution in [2.75, 3.05) is 20.1 Å². The van der Waals surface area contributed by atoms with Crippen molar-refractivity contribution in [1.82, 2.24) is 15.5 Å². The van der Waals surface area contributed by atoms with Crippen LogP contribution in [0.3, 0.4) is 0 Å². The lowest BCUT2D eigenvalue weighted by atomic mass is 9.96. The Morgan fingerprint density at radius 2 is 1.52 bits per heavy atom. The monoisotopic (exact) mass is 449 g/mol. The number of rotatable bonds is 5. The molecular weight excluding hydrogens is 406 g/mol. The summed E-state index contributed by atoms with van der Waals surface area (Å²) >= 11 is 0. The number of benzene rings is 2. The third-order valence-electron chi connectivity index (χ3n) is 6.02. The highest BCUT2D eigenvalue weighted by atomic mass is 16.2. The Morgan fingerprint density at radius 3 is 2.06 bits per heavy atom. The van der Waals surface area contributed by atoms with Crippen LogP contribution in [0.15, 0.2) is 61.2 Å². The van der Waals surface area contributed by atoms with Gasteiger partial charge in [0, 0.05) is 32.7 Å². The van der Waals surface area contributed by atoms with Gasteiger partial charge in [0.05, 0.1) is 0 Å². The molecule has 0 saturated carbocycles. The van der Waals surface area contributed by atoms with Crippen LogP contribution in [0.2, 0.25) is 0 Å². The molecule has 1 aliphatic carbocycles. The maximum atomic E-state index is 12.4. The molecule has 0 aromatic heterocycles. The molecule has 4 rings (SSSR count). The second-order valence-electron chi connectivity index (χ2n) is 9.11. The number of carbonyl (C=O) groups excluding carboxylic acids is 1. The Balaban J connectivity index is 0.000000582. The summed E-state index contributed by atoms with van der Waals surface area (Å²) in [6.07, 6.45) is 7.34. The highest BCUT2D eigenvalue weighted by molar-refractivity contribution is 5.73. The van der Waals surface area contributed by atoms with Gasteiger partial charge in [-0.15, -0.1) is 6.58 Å².